The number of carbonyl (C=O) groups excluding carboxylic acids is 2. The molecule has 0 saturated carbocycles. The normalized spacial score (nSPS) is 8.77. The Morgan fingerprint density at radius 2 is 1.38 bits per heavy atom. The lowest BCUT2D eigenvalue weighted by molar-refractivity contribution is -0.0846. The van der Waals surface area contributed by atoms with Crippen molar-refractivity contribution in [2.24, 2.45) is 0 Å². The third-order valence-electron chi connectivity index (χ3n) is 0.911. The van der Waals surface area contributed by atoms with Crippen molar-refractivity contribution in [3.8, 4) is 0 Å². The first-order valence-corrected chi connectivity index (χ1v) is 3.85. The van der Waals surface area contributed by atoms with Gasteiger partial charge in [0.1, 0.15) is 0 Å². The van der Waals surface area contributed by atoms with E-state index in [4.69, 9.17) is 0 Å². The SMILES string of the molecule is CCNC(=O)ONOC(=O)NCC. The minimum absolute atomic E-state index is 0.432. The highest BCUT2D eigenvalue weighted by molar-refractivity contribution is 5.68. The largest absolute Gasteiger partial charge is 0.428 e. The zero-order valence-electron chi connectivity index (χ0n) is 7.55. The molecule has 0 unspecified atom stereocenters. The van der Waals surface area contributed by atoms with Gasteiger partial charge in [-0.1, -0.05) is 0 Å². The van der Waals surface area contributed by atoms with Crippen LogP contribution in [0.1, 0.15) is 13.8 Å². The van der Waals surface area contributed by atoms with Crippen molar-refractivity contribution in [1.29, 1.82) is 0 Å². The zero-order chi connectivity index (χ0) is 10.1. The van der Waals surface area contributed by atoms with Gasteiger partial charge >= 0.3 is 12.2 Å². The van der Waals surface area contributed by atoms with E-state index in [2.05, 4.69) is 20.3 Å². The fraction of sp³-hybridized carbons (Fsp3) is 0.667. The smallest absolute Gasteiger partial charge is 0.320 e. The molecule has 7 nitrogen and oxygen atoms in total. The first kappa shape index (κ1) is 11.5. The predicted molar refractivity (Wildman–Crippen MR) is 43.5 cm³/mol. The second kappa shape index (κ2) is 7.17. The first-order valence-electron chi connectivity index (χ1n) is 3.85. The van der Waals surface area contributed by atoms with Crippen molar-refractivity contribution in [2.75, 3.05) is 13.1 Å². The summed E-state index contributed by atoms with van der Waals surface area (Å²) in [5.74, 6) is 0. The van der Waals surface area contributed by atoms with Crippen LogP contribution in [0.25, 0.3) is 0 Å². The number of hydrogen-bond donors (Lipinski definition) is 3. The topological polar surface area (TPSA) is 88.7 Å². The molecule has 0 aliphatic carbocycles. The molecule has 0 heterocycles. The molecule has 2 amide bonds. The van der Waals surface area contributed by atoms with Gasteiger partial charge in [0, 0.05) is 18.7 Å². The van der Waals surface area contributed by atoms with Gasteiger partial charge in [0.15, 0.2) is 0 Å². The second-order valence-electron chi connectivity index (χ2n) is 1.92. The number of amides is 2. The molecule has 0 saturated heterocycles. The van der Waals surface area contributed by atoms with E-state index in [-0.39, 0.29) is 0 Å². The van der Waals surface area contributed by atoms with Crippen LogP contribution in [0, 0.1) is 0 Å². The van der Waals surface area contributed by atoms with Gasteiger partial charge in [-0.3, -0.25) is 0 Å². The molecule has 0 aromatic rings. The maximum absolute atomic E-state index is 10.6. The van der Waals surface area contributed by atoms with Crippen molar-refractivity contribution in [2.45, 2.75) is 13.8 Å². The average Bonchev–Trinajstić information content (AvgIpc) is 2.05. The molecule has 0 bridgehead atoms. The molecular formula is C6H13N3O4. The Balaban J connectivity index is 3.33. The monoisotopic (exact) mass is 191 g/mol. The maximum atomic E-state index is 10.6. The van der Waals surface area contributed by atoms with E-state index in [1.165, 1.54) is 0 Å². The summed E-state index contributed by atoms with van der Waals surface area (Å²) in [5, 5.41) is 4.63. The van der Waals surface area contributed by atoms with Gasteiger partial charge in [-0.2, -0.15) is 0 Å². The Kier molecular flexibility index (Phi) is 6.34. The second-order valence-corrected chi connectivity index (χ2v) is 1.92. The van der Waals surface area contributed by atoms with Crippen LogP contribution < -0.4 is 16.3 Å². The Morgan fingerprint density at radius 3 is 1.69 bits per heavy atom. The Morgan fingerprint density at radius 1 is 1.00 bits per heavy atom. The summed E-state index contributed by atoms with van der Waals surface area (Å²) in [7, 11) is 0. The van der Waals surface area contributed by atoms with Crippen LogP contribution in [-0.2, 0) is 9.68 Å². The predicted octanol–water partition coefficient (Wildman–Crippen LogP) is -0.102. The first-order chi connectivity index (χ1) is 6.20. The maximum Gasteiger partial charge on any atom is 0.428 e. The Bertz CT molecular complexity index is 155. The van der Waals surface area contributed by atoms with Gasteiger partial charge in [-0.15, -0.1) is 0 Å². The van der Waals surface area contributed by atoms with Crippen molar-refractivity contribution in [3.63, 3.8) is 0 Å². The summed E-state index contributed by atoms with van der Waals surface area (Å²) >= 11 is 0. The quantitative estimate of drug-likeness (QED) is 0.540. The van der Waals surface area contributed by atoms with E-state index in [0.29, 0.717) is 13.1 Å². The molecule has 76 valence electrons. The summed E-state index contributed by atoms with van der Waals surface area (Å²) in [5.41, 5.74) is 1.73. The third-order valence-corrected chi connectivity index (χ3v) is 0.911. The van der Waals surface area contributed by atoms with Gasteiger partial charge < -0.3 is 20.3 Å². The summed E-state index contributed by atoms with van der Waals surface area (Å²) in [6.45, 7) is 4.32. The van der Waals surface area contributed by atoms with Crippen molar-refractivity contribution < 1.29 is 19.3 Å². The van der Waals surface area contributed by atoms with Crippen LogP contribution in [-0.4, -0.2) is 25.3 Å². The van der Waals surface area contributed by atoms with Crippen LogP contribution in [0.15, 0.2) is 0 Å². The van der Waals surface area contributed by atoms with Crippen molar-refractivity contribution in [3.05, 3.63) is 0 Å². The van der Waals surface area contributed by atoms with Crippen LogP contribution in [0.5, 0.6) is 0 Å². The van der Waals surface area contributed by atoms with E-state index in [1.807, 2.05) is 0 Å². The van der Waals surface area contributed by atoms with Crippen LogP contribution in [0.3, 0.4) is 0 Å². The standard InChI is InChI=1S/C6H13N3O4/c1-3-7-5(10)12-9-13-6(11)8-4-2/h9H,3-4H2,1-2H3,(H,7,10)(H,8,11). The lowest BCUT2D eigenvalue weighted by Gasteiger charge is -2.05. The minimum Gasteiger partial charge on any atom is -0.320 e. The van der Waals surface area contributed by atoms with Crippen LogP contribution in [0.2, 0.25) is 0 Å². The molecule has 7 heteroatoms. The molecule has 0 aromatic heterocycles. The van der Waals surface area contributed by atoms with E-state index in [0.717, 1.165) is 0 Å². The molecule has 0 atom stereocenters. The molecular weight excluding hydrogens is 178 g/mol. The lowest BCUT2D eigenvalue weighted by atomic mass is 10.8. The lowest BCUT2D eigenvalue weighted by Crippen LogP contribution is -2.34. The molecule has 0 aliphatic heterocycles. The van der Waals surface area contributed by atoms with E-state index >= 15 is 0 Å². The third kappa shape index (κ3) is 6.88. The number of carbonyl (C=O) groups is 2. The van der Waals surface area contributed by atoms with Crippen LogP contribution in [0.4, 0.5) is 9.59 Å². The van der Waals surface area contributed by atoms with Gasteiger partial charge in [-0.05, 0) is 13.8 Å². The molecule has 0 aromatic carbocycles. The van der Waals surface area contributed by atoms with Gasteiger partial charge in [0.25, 0.3) is 0 Å². The Labute approximate surface area is 75.7 Å². The van der Waals surface area contributed by atoms with E-state index in [9.17, 15) is 9.59 Å². The fourth-order valence-electron chi connectivity index (χ4n) is 0.457. The van der Waals surface area contributed by atoms with Gasteiger partial charge in [0.05, 0.1) is 0 Å². The van der Waals surface area contributed by atoms with Crippen LogP contribution >= 0.6 is 0 Å². The van der Waals surface area contributed by atoms with E-state index < -0.39 is 12.2 Å². The zero-order valence-corrected chi connectivity index (χ0v) is 7.55. The summed E-state index contributed by atoms with van der Waals surface area (Å²) in [6.07, 6.45) is -1.43. The highest BCUT2D eigenvalue weighted by Crippen LogP contribution is 1.74. The number of rotatable bonds is 4. The molecule has 0 fully saturated rings. The molecule has 3 N–H and O–H groups in total. The molecule has 0 spiro atoms. The minimum atomic E-state index is -0.716. The van der Waals surface area contributed by atoms with Gasteiger partial charge in [0.2, 0.25) is 0 Å². The fourth-order valence-corrected chi connectivity index (χ4v) is 0.457. The summed E-state index contributed by atoms with van der Waals surface area (Å²) in [6, 6.07) is 0. The Hall–Kier alpha value is -1.50. The van der Waals surface area contributed by atoms with Crippen molar-refractivity contribution >= 4 is 12.2 Å². The van der Waals surface area contributed by atoms with Crippen molar-refractivity contribution in [1.82, 2.24) is 16.3 Å². The molecule has 0 aliphatic rings. The van der Waals surface area contributed by atoms with Gasteiger partial charge in [-0.25, -0.2) is 9.59 Å². The molecule has 0 rings (SSSR count). The highest BCUT2D eigenvalue weighted by Gasteiger charge is 2.02. The number of nitrogens with one attached hydrogen (secondary N) is 3. The molecule has 0 radical (unpaired) electrons. The highest BCUT2D eigenvalue weighted by atomic mass is 16.9. The molecule has 13 heavy (non-hydrogen) atoms. The summed E-state index contributed by atoms with van der Waals surface area (Å²) in [4.78, 5) is 29.6. The number of hydrogen-bond acceptors (Lipinski definition) is 5. The average molecular weight is 191 g/mol. The summed E-state index contributed by atoms with van der Waals surface area (Å²) < 4.78 is 0. The van der Waals surface area contributed by atoms with E-state index in [1.54, 1.807) is 19.5 Å².